The van der Waals surface area contributed by atoms with E-state index in [1.807, 2.05) is 13.8 Å². The molecule has 0 aliphatic rings. The molecule has 0 unspecified atom stereocenters. The van der Waals surface area contributed by atoms with Crippen LogP contribution in [0.15, 0.2) is 29.0 Å². The van der Waals surface area contributed by atoms with Crippen LogP contribution in [0.4, 0.5) is 11.4 Å². The molecule has 1 heterocycles. The first-order valence-corrected chi connectivity index (χ1v) is 8.23. The number of carbonyl (C=O) groups excluding carboxylic acids is 2. The molecule has 2 aromatic rings. The van der Waals surface area contributed by atoms with Crippen LogP contribution in [0.1, 0.15) is 19.9 Å². The minimum absolute atomic E-state index is 0.155. The molecule has 0 radical (unpaired) electrons. The van der Waals surface area contributed by atoms with Gasteiger partial charge in [-0.15, -0.1) is 0 Å². The van der Waals surface area contributed by atoms with Crippen molar-refractivity contribution in [2.45, 2.75) is 19.9 Å². The Morgan fingerprint density at radius 1 is 1.12 bits per heavy atom. The average molecular weight is 411 g/mol. The van der Waals surface area contributed by atoms with E-state index in [4.69, 9.17) is 9.47 Å². The van der Waals surface area contributed by atoms with Gasteiger partial charge >= 0.3 is 11.8 Å². The van der Waals surface area contributed by atoms with Crippen LogP contribution in [-0.4, -0.2) is 35.8 Å². The van der Waals surface area contributed by atoms with Crippen molar-refractivity contribution in [3.63, 3.8) is 0 Å². The second kappa shape index (κ2) is 8.02. The molecule has 0 bridgehead atoms. The molecular weight excluding hydrogens is 392 g/mol. The van der Waals surface area contributed by atoms with Gasteiger partial charge in [-0.25, -0.2) is 0 Å². The van der Waals surface area contributed by atoms with Gasteiger partial charge in [0, 0.05) is 28.8 Å². The zero-order valence-electron chi connectivity index (χ0n) is 14.3. The second-order valence-corrected chi connectivity index (χ2v) is 6.25. The number of anilines is 2. The zero-order chi connectivity index (χ0) is 18.6. The molecule has 0 spiro atoms. The first-order chi connectivity index (χ1) is 11.8. The molecule has 9 heteroatoms. The predicted molar refractivity (Wildman–Crippen MR) is 97.1 cm³/mol. The summed E-state index contributed by atoms with van der Waals surface area (Å²) in [6.45, 7) is 3.92. The lowest BCUT2D eigenvalue weighted by molar-refractivity contribution is -0.133. The van der Waals surface area contributed by atoms with Crippen molar-refractivity contribution in [1.82, 2.24) is 9.78 Å². The summed E-state index contributed by atoms with van der Waals surface area (Å²) in [7, 11) is 2.99. The Balaban J connectivity index is 2.09. The monoisotopic (exact) mass is 410 g/mol. The van der Waals surface area contributed by atoms with E-state index < -0.39 is 11.8 Å². The summed E-state index contributed by atoms with van der Waals surface area (Å²) in [6.07, 6.45) is 3.14. The van der Waals surface area contributed by atoms with E-state index in [1.54, 1.807) is 23.0 Å². The van der Waals surface area contributed by atoms with Crippen LogP contribution >= 0.6 is 15.9 Å². The number of amides is 2. The number of nitrogens with one attached hydrogen (secondary N) is 2. The highest BCUT2D eigenvalue weighted by Crippen LogP contribution is 2.36. The number of hydrogen-bond acceptors (Lipinski definition) is 5. The number of methoxy groups -OCH3 is 2. The number of nitrogens with zero attached hydrogens (tertiary/aromatic N) is 2. The van der Waals surface area contributed by atoms with Gasteiger partial charge in [-0.1, -0.05) is 0 Å². The molecule has 2 rings (SSSR count). The van der Waals surface area contributed by atoms with Crippen molar-refractivity contribution < 1.29 is 19.1 Å². The predicted octanol–water partition coefficient (Wildman–Crippen LogP) is 2.82. The molecule has 134 valence electrons. The highest BCUT2D eigenvalue weighted by molar-refractivity contribution is 9.10. The smallest absolute Gasteiger partial charge is 0.314 e. The normalized spacial score (nSPS) is 10.5. The molecule has 0 aliphatic carbocycles. The maximum Gasteiger partial charge on any atom is 0.314 e. The van der Waals surface area contributed by atoms with Crippen LogP contribution in [0, 0.1) is 0 Å². The second-order valence-electron chi connectivity index (χ2n) is 5.40. The maximum atomic E-state index is 12.1. The van der Waals surface area contributed by atoms with Crippen molar-refractivity contribution in [1.29, 1.82) is 0 Å². The maximum absolute atomic E-state index is 12.1. The molecule has 0 atom stereocenters. The van der Waals surface area contributed by atoms with E-state index in [-0.39, 0.29) is 6.04 Å². The van der Waals surface area contributed by atoms with Gasteiger partial charge in [0.1, 0.15) is 0 Å². The van der Waals surface area contributed by atoms with Gasteiger partial charge in [0.15, 0.2) is 11.5 Å². The Kier molecular flexibility index (Phi) is 6.02. The number of ether oxygens (including phenoxy) is 2. The fourth-order valence-electron chi connectivity index (χ4n) is 2.00. The fraction of sp³-hybridized carbons (Fsp3) is 0.312. The minimum atomic E-state index is -0.815. The summed E-state index contributed by atoms with van der Waals surface area (Å²) in [6, 6.07) is 3.35. The number of aromatic nitrogens is 2. The van der Waals surface area contributed by atoms with Crippen LogP contribution < -0.4 is 20.1 Å². The molecule has 1 aromatic heterocycles. The van der Waals surface area contributed by atoms with Crippen LogP contribution in [0.2, 0.25) is 0 Å². The molecule has 2 amide bonds. The Labute approximate surface area is 153 Å². The van der Waals surface area contributed by atoms with Crippen molar-refractivity contribution in [3.05, 3.63) is 29.0 Å². The zero-order valence-corrected chi connectivity index (χ0v) is 15.9. The van der Waals surface area contributed by atoms with Crippen molar-refractivity contribution in [2.24, 2.45) is 0 Å². The first-order valence-electron chi connectivity index (χ1n) is 7.43. The summed E-state index contributed by atoms with van der Waals surface area (Å²) >= 11 is 3.32. The number of rotatable bonds is 5. The summed E-state index contributed by atoms with van der Waals surface area (Å²) in [5.74, 6) is -0.687. The number of hydrogen-bond donors (Lipinski definition) is 2. The van der Waals surface area contributed by atoms with E-state index in [1.165, 1.54) is 20.4 Å². The Bertz CT molecular complexity index is 788. The molecule has 8 nitrogen and oxygen atoms in total. The number of halogens is 1. The summed E-state index contributed by atoms with van der Waals surface area (Å²) < 4.78 is 12.6. The van der Waals surface area contributed by atoms with Gasteiger partial charge < -0.3 is 20.1 Å². The summed E-state index contributed by atoms with van der Waals surface area (Å²) in [5, 5.41) is 9.13. The third-order valence-electron chi connectivity index (χ3n) is 3.32. The molecule has 2 N–H and O–H groups in total. The summed E-state index contributed by atoms with van der Waals surface area (Å²) in [4.78, 5) is 24.2. The van der Waals surface area contributed by atoms with E-state index >= 15 is 0 Å². The van der Waals surface area contributed by atoms with Crippen LogP contribution in [0.3, 0.4) is 0 Å². The molecular formula is C16H19BrN4O4. The molecule has 0 saturated carbocycles. The lowest BCUT2D eigenvalue weighted by atomic mass is 10.2. The Morgan fingerprint density at radius 2 is 1.72 bits per heavy atom. The van der Waals surface area contributed by atoms with E-state index in [0.29, 0.717) is 27.3 Å². The average Bonchev–Trinajstić information content (AvgIpc) is 3.04. The van der Waals surface area contributed by atoms with Crippen molar-refractivity contribution in [3.8, 4) is 11.5 Å². The lowest BCUT2D eigenvalue weighted by Crippen LogP contribution is -2.29. The third-order valence-corrected chi connectivity index (χ3v) is 3.97. The van der Waals surface area contributed by atoms with Gasteiger partial charge in [0.05, 0.1) is 31.8 Å². The SMILES string of the molecule is COc1cc(Br)c(NC(=O)C(=O)Nc2cnn(C(C)C)c2)cc1OC. The molecule has 0 fully saturated rings. The number of benzene rings is 1. The Morgan fingerprint density at radius 3 is 2.28 bits per heavy atom. The van der Waals surface area contributed by atoms with Gasteiger partial charge in [0.25, 0.3) is 0 Å². The standard InChI is InChI=1S/C16H19BrN4O4/c1-9(2)21-8-10(7-18-21)19-15(22)16(23)20-12-6-14(25-4)13(24-3)5-11(12)17/h5-9H,1-4H3,(H,19,22)(H,20,23). The van der Waals surface area contributed by atoms with Gasteiger partial charge in [0.2, 0.25) is 0 Å². The molecule has 0 saturated heterocycles. The quantitative estimate of drug-likeness (QED) is 0.738. The topological polar surface area (TPSA) is 94.5 Å². The van der Waals surface area contributed by atoms with E-state index in [0.717, 1.165) is 0 Å². The minimum Gasteiger partial charge on any atom is -0.493 e. The first kappa shape index (κ1) is 18.8. The third kappa shape index (κ3) is 4.50. The van der Waals surface area contributed by atoms with Crippen LogP contribution in [0.5, 0.6) is 11.5 Å². The summed E-state index contributed by atoms with van der Waals surface area (Å²) in [5.41, 5.74) is 0.830. The highest BCUT2D eigenvalue weighted by atomic mass is 79.9. The van der Waals surface area contributed by atoms with Crippen molar-refractivity contribution in [2.75, 3.05) is 24.9 Å². The molecule has 1 aromatic carbocycles. The van der Waals surface area contributed by atoms with Gasteiger partial charge in [-0.2, -0.15) is 5.10 Å². The number of carbonyl (C=O) groups is 2. The van der Waals surface area contributed by atoms with E-state index in [9.17, 15) is 9.59 Å². The van der Waals surface area contributed by atoms with Gasteiger partial charge in [-0.05, 0) is 29.8 Å². The molecule has 25 heavy (non-hydrogen) atoms. The van der Waals surface area contributed by atoms with E-state index in [2.05, 4.69) is 31.7 Å². The fourth-order valence-corrected chi connectivity index (χ4v) is 2.42. The Hall–Kier alpha value is -2.55. The lowest BCUT2D eigenvalue weighted by Gasteiger charge is -2.12. The largest absolute Gasteiger partial charge is 0.493 e. The van der Waals surface area contributed by atoms with Crippen LogP contribution in [0.25, 0.3) is 0 Å². The van der Waals surface area contributed by atoms with Crippen LogP contribution in [-0.2, 0) is 9.59 Å². The highest BCUT2D eigenvalue weighted by Gasteiger charge is 2.18. The molecule has 0 aliphatic heterocycles. The van der Waals surface area contributed by atoms with Gasteiger partial charge in [-0.3, -0.25) is 14.3 Å². The van der Waals surface area contributed by atoms with Crippen molar-refractivity contribution >= 4 is 39.1 Å².